The van der Waals surface area contributed by atoms with Crippen LogP contribution in [0, 0.1) is 17.2 Å². The van der Waals surface area contributed by atoms with Crippen LogP contribution in [-0.4, -0.2) is 29.1 Å². The Labute approximate surface area is 130 Å². The summed E-state index contributed by atoms with van der Waals surface area (Å²) in [5.41, 5.74) is 8.50. The fourth-order valence-corrected chi connectivity index (χ4v) is 3.03. The molecule has 0 amide bonds. The molecule has 0 bridgehead atoms. The van der Waals surface area contributed by atoms with Crippen LogP contribution < -0.4 is 10.6 Å². The van der Waals surface area contributed by atoms with Gasteiger partial charge < -0.3 is 10.6 Å². The van der Waals surface area contributed by atoms with E-state index >= 15 is 0 Å². The molecule has 1 aliphatic heterocycles. The van der Waals surface area contributed by atoms with Gasteiger partial charge in [-0.1, -0.05) is 6.92 Å². The lowest BCUT2D eigenvalue weighted by molar-refractivity contribution is 0.402. The number of hydrogen-bond acceptors (Lipinski definition) is 5. The molecule has 0 spiro atoms. The van der Waals surface area contributed by atoms with Crippen LogP contribution in [0.3, 0.4) is 0 Å². The molecule has 6 heteroatoms. The maximum Gasteiger partial charge on any atom is 0.116 e. The third-order valence-corrected chi connectivity index (χ3v) is 3.80. The van der Waals surface area contributed by atoms with Crippen molar-refractivity contribution in [3.8, 4) is 6.07 Å². The van der Waals surface area contributed by atoms with E-state index in [4.69, 9.17) is 5.73 Å². The smallest absolute Gasteiger partial charge is 0.116 e. The fourth-order valence-electron chi connectivity index (χ4n) is 3.03. The van der Waals surface area contributed by atoms with Gasteiger partial charge in [-0.05, 0) is 24.5 Å². The summed E-state index contributed by atoms with van der Waals surface area (Å²) in [7, 11) is 0. The third-order valence-electron chi connectivity index (χ3n) is 3.80. The Balaban J connectivity index is 0.00000161. The molecule has 3 rings (SSSR count). The van der Waals surface area contributed by atoms with Crippen LogP contribution in [0.1, 0.15) is 18.9 Å². The van der Waals surface area contributed by atoms with Crippen molar-refractivity contribution in [1.82, 2.24) is 9.97 Å². The normalized spacial score (nSPS) is 21.7. The zero-order valence-electron chi connectivity index (χ0n) is 11.9. The molecule has 1 aromatic carbocycles. The number of fused-ring (bicyclic) bond motifs is 1. The van der Waals surface area contributed by atoms with E-state index < -0.39 is 0 Å². The van der Waals surface area contributed by atoms with Gasteiger partial charge in [0.1, 0.15) is 12.4 Å². The molecule has 1 saturated heterocycles. The first-order valence-electron chi connectivity index (χ1n) is 6.82. The van der Waals surface area contributed by atoms with Gasteiger partial charge in [0.25, 0.3) is 0 Å². The molecule has 0 unspecified atom stereocenters. The summed E-state index contributed by atoms with van der Waals surface area (Å²) in [6.07, 6.45) is 4.32. The van der Waals surface area contributed by atoms with E-state index in [9.17, 15) is 5.26 Å². The summed E-state index contributed by atoms with van der Waals surface area (Å²) in [6, 6.07) is 6.18. The molecule has 0 radical (unpaired) electrons. The van der Waals surface area contributed by atoms with Crippen LogP contribution in [-0.2, 0) is 0 Å². The summed E-state index contributed by atoms with van der Waals surface area (Å²) in [5, 5.41) is 10.1. The second-order valence-corrected chi connectivity index (χ2v) is 5.54. The fraction of sp³-hybridized carbons (Fsp3) is 0.400. The quantitative estimate of drug-likeness (QED) is 0.872. The van der Waals surface area contributed by atoms with Crippen molar-refractivity contribution in [2.24, 2.45) is 11.7 Å². The summed E-state index contributed by atoms with van der Waals surface area (Å²) in [4.78, 5) is 10.6. The highest BCUT2D eigenvalue weighted by atomic mass is 35.5. The standard InChI is InChI=1S/C15H17N5.ClH/c1-10-4-12(17)8-20(7-10)14-3-2-11(5-16)15-13(14)6-18-9-19-15;/h2-3,6,9-10,12H,4,7-8,17H2,1H3;1H/t10-,12-;/m1./s1. The monoisotopic (exact) mass is 303 g/mol. The van der Waals surface area contributed by atoms with Crippen molar-refractivity contribution in [1.29, 1.82) is 5.26 Å². The lowest BCUT2D eigenvalue weighted by Crippen LogP contribution is -2.46. The van der Waals surface area contributed by atoms with Gasteiger partial charge in [0.05, 0.1) is 11.1 Å². The number of piperidine rings is 1. The van der Waals surface area contributed by atoms with E-state index in [0.717, 1.165) is 30.6 Å². The highest BCUT2D eigenvalue weighted by Crippen LogP contribution is 2.30. The molecule has 2 N–H and O–H groups in total. The average Bonchev–Trinajstić information content (AvgIpc) is 2.45. The van der Waals surface area contributed by atoms with Crippen molar-refractivity contribution < 1.29 is 0 Å². The van der Waals surface area contributed by atoms with E-state index in [-0.39, 0.29) is 18.4 Å². The van der Waals surface area contributed by atoms with Crippen LogP contribution in [0.4, 0.5) is 5.69 Å². The largest absolute Gasteiger partial charge is 0.369 e. The molecule has 2 heterocycles. The van der Waals surface area contributed by atoms with Gasteiger partial charge in [-0.15, -0.1) is 12.4 Å². The number of nitriles is 1. The maximum absolute atomic E-state index is 9.18. The van der Waals surface area contributed by atoms with E-state index in [1.807, 2.05) is 12.1 Å². The first-order valence-corrected chi connectivity index (χ1v) is 6.82. The summed E-state index contributed by atoms with van der Waals surface area (Å²) < 4.78 is 0. The minimum atomic E-state index is 0. The van der Waals surface area contributed by atoms with Crippen molar-refractivity contribution in [3.05, 3.63) is 30.2 Å². The molecule has 110 valence electrons. The number of benzene rings is 1. The predicted molar refractivity (Wildman–Crippen MR) is 85.5 cm³/mol. The summed E-state index contributed by atoms with van der Waals surface area (Å²) >= 11 is 0. The highest BCUT2D eigenvalue weighted by molar-refractivity contribution is 5.94. The molecule has 1 fully saturated rings. The number of aromatic nitrogens is 2. The van der Waals surface area contributed by atoms with E-state index in [2.05, 4.69) is 27.9 Å². The Hall–Kier alpha value is -1.90. The Morgan fingerprint density at radius 1 is 1.38 bits per heavy atom. The van der Waals surface area contributed by atoms with Crippen molar-refractivity contribution in [2.75, 3.05) is 18.0 Å². The van der Waals surface area contributed by atoms with Crippen molar-refractivity contribution >= 4 is 29.0 Å². The van der Waals surface area contributed by atoms with Crippen LogP contribution in [0.5, 0.6) is 0 Å². The number of hydrogen-bond donors (Lipinski definition) is 1. The number of halogens is 1. The van der Waals surface area contributed by atoms with Gasteiger partial charge in [0.15, 0.2) is 0 Å². The highest BCUT2D eigenvalue weighted by Gasteiger charge is 2.24. The average molecular weight is 304 g/mol. The molecule has 2 aromatic rings. The molecule has 1 aliphatic rings. The number of nitrogens with two attached hydrogens (primary N) is 1. The minimum Gasteiger partial charge on any atom is -0.369 e. The Kier molecular flexibility index (Phi) is 4.61. The van der Waals surface area contributed by atoms with Gasteiger partial charge in [0, 0.05) is 36.4 Å². The van der Waals surface area contributed by atoms with E-state index in [0.29, 0.717) is 17.0 Å². The number of nitrogens with zero attached hydrogens (tertiary/aromatic N) is 4. The van der Waals surface area contributed by atoms with Crippen LogP contribution in [0.2, 0.25) is 0 Å². The van der Waals surface area contributed by atoms with Crippen LogP contribution in [0.25, 0.3) is 10.9 Å². The molecule has 2 atom stereocenters. The van der Waals surface area contributed by atoms with Gasteiger partial charge in [-0.2, -0.15) is 5.26 Å². The zero-order chi connectivity index (χ0) is 14.1. The number of rotatable bonds is 1. The maximum atomic E-state index is 9.18. The summed E-state index contributed by atoms with van der Waals surface area (Å²) in [6.45, 7) is 4.03. The van der Waals surface area contributed by atoms with E-state index in [1.165, 1.54) is 6.33 Å². The van der Waals surface area contributed by atoms with Gasteiger partial charge >= 0.3 is 0 Å². The first kappa shape index (κ1) is 15.5. The van der Waals surface area contributed by atoms with Crippen molar-refractivity contribution in [2.45, 2.75) is 19.4 Å². The second-order valence-electron chi connectivity index (χ2n) is 5.54. The Morgan fingerprint density at radius 3 is 2.90 bits per heavy atom. The lowest BCUT2D eigenvalue weighted by atomic mass is 9.95. The molecular weight excluding hydrogens is 286 g/mol. The Morgan fingerprint density at radius 2 is 2.19 bits per heavy atom. The molecule has 0 saturated carbocycles. The topological polar surface area (TPSA) is 78.8 Å². The van der Waals surface area contributed by atoms with Gasteiger partial charge in [0.2, 0.25) is 0 Å². The number of anilines is 1. The molecular formula is C15H18ClN5. The molecule has 0 aliphatic carbocycles. The van der Waals surface area contributed by atoms with Crippen molar-refractivity contribution in [3.63, 3.8) is 0 Å². The third kappa shape index (κ3) is 2.92. The molecule has 21 heavy (non-hydrogen) atoms. The zero-order valence-corrected chi connectivity index (χ0v) is 12.7. The van der Waals surface area contributed by atoms with Gasteiger partial charge in [-0.3, -0.25) is 0 Å². The lowest BCUT2D eigenvalue weighted by Gasteiger charge is -2.36. The van der Waals surface area contributed by atoms with Crippen LogP contribution in [0.15, 0.2) is 24.7 Å². The van der Waals surface area contributed by atoms with E-state index in [1.54, 1.807) is 6.20 Å². The molecule has 1 aromatic heterocycles. The second kappa shape index (κ2) is 6.25. The molecule has 5 nitrogen and oxygen atoms in total. The van der Waals surface area contributed by atoms with Crippen LogP contribution >= 0.6 is 12.4 Å². The summed E-state index contributed by atoms with van der Waals surface area (Å²) in [5.74, 6) is 0.564. The minimum absolute atomic E-state index is 0. The first-order chi connectivity index (χ1) is 9.69. The SMILES string of the molecule is C[C@@H]1C[C@@H](N)CN(c2ccc(C#N)c3ncncc23)C1.Cl. The Bertz CT molecular complexity index is 671. The predicted octanol–water partition coefficient (Wildman–Crippen LogP) is 2.10. The van der Waals surface area contributed by atoms with Gasteiger partial charge in [-0.25, -0.2) is 9.97 Å².